The highest BCUT2D eigenvalue weighted by Crippen LogP contribution is 2.24. The number of para-hydroxylation sites is 1. The van der Waals surface area contributed by atoms with Gasteiger partial charge in [0.05, 0.1) is 11.2 Å². The van der Waals surface area contributed by atoms with Crippen LogP contribution in [0.3, 0.4) is 0 Å². The number of benzene rings is 2. The zero-order valence-corrected chi connectivity index (χ0v) is 15.2. The molecule has 0 radical (unpaired) electrons. The highest BCUT2D eigenvalue weighted by atomic mass is 16.5. The largest absolute Gasteiger partial charge is 0.487 e. The van der Waals surface area contributed by atoms with E-state index in [1.807, 2.05) is 66.7 Å². The van der Waals surface area contributed by atoms with Gasteiger partial charge in [0.15, 0.2) is 0 Å². The van der Waals surface area contributed by atoms with Crippen molar-refractivity contribution in [1.29, 1.82) is 5.26 Å². The quantitative estimate of drug-likeness (QED) is 0.536. The van der Waals surface area contributed by atoms with E-state index in [-0.39, 0.29) is 0 Å². The number of ether oxygens (including phenoxy) is 1. The number of pyridine rings is 2. The Morgan fingerprint density at radius 3 is 2.57 bits per heavy atom. The standard InChI is InChI=1S/C23H18N4O/c24-14-19-13-23(21-6-1-2-7-22(21)27-19)26-15-17-8-10-20(11-9-17)28-16-18-5-3-4-12-25-18/h1-13H,15-16H2,(H,26,27). The fourth-order valence-corrected chi connectivity index (χ4v) is 2.92. The number of aromatic nitrogens is 2. The molecule has 2 heterocycles. The van der Waals surface area contributed by atoms with Crippen molar-refractivity contribution in [1.82, 2.24) is 9.97 Å². The Labute approximate surface area is 163 Å². The summed E-state index contributed by atoms with van der Waals surface area (Å²) in [7, 11) is 0. The van der Waals surface area contributed by atoms with E-state index in [2.05, 4.69) is 21.4 Å². The lowest BCUT2D eigenvalue weighted by Gasteiger charge is -2.11. The first-order valence-electron chi connectivity index (χ1n) is 8.97. The van der Waals surface area contributed by atoms with Crippen LogP contribution in [0.2, 0.25) is 0 Å². The fraction of sp³-hybridized carbons (Fsp3) is 0.0870. The number of nitriles is 1. The van der Waals surface area contributed by atoms with Crippen LogP contribution in [0.4, 0.5) is 5.69 Å². The molecule has 0 unspecified atom stereocenters. The van der Waals surface area contributed by atoms with Gasteiger partial charge in [-0.15, -0.1) is 0 Å². The summed E-state index contributed by atoms with van der Waals surface area (Å²) in [6, 6.07) is 25.4. The van der Waals surface area contributed by atoms with Crippen molar-refractivity contribution in [3.63, 3.8) is 0 Å². The summed E-state index contributed by atoms with van der Waals surface area (Å²) in [5.74, 6) is 0.801. The maximum atomic E-state index is 9.21. The third-order valence-electron chi connectivity index (χ3n) is 4.35. The predicted molar refractivity (Wildman–Crippen MR) is 109 cm³/mol. The fourth-order valence-electron chi connectivity index (χ4n) is 2.92. The molecule has 0 aliphatic carbocycles. The van der Waals surface area contributed by atoms with Crippen molar-refractivity contribution in [2.45, 2.75) is 13.2 Å². The van der Waals surface area contributed by atoms with Crippen LogP contribution in [0.1, 0.15) is 17.0 Å². The lowest BCUT2D eigenvalue weighted by Crippen LogP contribution is -2.02. The molecule has 0 bridgehead atoms. The van der Waals surface area contributed by atoms with Gasteiger partial charge in [-0.1, -0.05) is 36.4 Å². The number of rotatable bonds is 6. The molecule has 5 nitrogen and oxygen atoms in total. The molecule has 0 saturated heterocycles. The van der Waals surface area contributed by atoms with Crippen LogP contribution >= 0.6 is 0 Å². The molecule has 4 aromatic rings. The second-order valence-electron chi connectivity index (χ2n) is 6.29. The number of anilines is 1. The molecule has 0 saturated carbocycles. The van der Waals surface area contributed by atoms with Gasteiger partial charge >= 0.3 is 0 Å². The van der Waals surface area contributed by atoms with E-state index in [0.29, 0.717) is 18.8 Å². The van der Waals surface area contributed by atoms with Gasteiger partial charge in [0.25, 0.3) is 0 Å². The molecule has 0 amide bonds. The number of hydrogen-bond acceptors (Lipinski definition) is 5. The minimum Gasteiger partial charge on any atom is -0.487 e. The Kier molecular flexibility index (Phi) is 5.12. The zero-order valence-electron chi connectivity index (χ0n) is 15.2. The second-order valence-corrected chi connectivity index (χ2v) is 6.29. The van der Waals surface area contributed by atoms with Gasteiger partial charge in [-0.3, -0.25) is 4.98 Å². The van der Waals surface area contributed by atoms with Crippen molar-refractivity contribution in [3.8, 4) is 11.8 Å². The van der Waals surface area contributed by atoms with Crippen LogP contribution in [0.5, 0.6) is 5.75 Å². The van der Waals surface area contributed by atoms with Crippen molar-refractivity contribution >= 4 is 16.6 Å². The first kappa shape index (κ1) is 17.5. The highest BCUT2D eigenvalue weighted by molar-refractivity contribution is 5.91. The molecule has 0 aliphatic heterocycles. The Bertz CT molecular complexity index is 1120. The third-order valence-corrected chi connectivity index (χ3v) is 4.35. The summed E-state index contributed by atoms with van der Waals surface area (Å²) >= 11 is 0. The van der Waals surface area contributed by atoms with Crippen LogP contribution < -0.4 is 10.1 Å². The average Bonchev–Trinajstić information content (AvgIpc) is 2.77. The summed E-state index contributed by atoms with van der Waals surface area (Å²) in [6.45, 7) is 1.08. The SMILES string of the molecule is N#Cc1cc(NCc2ccc(OCc3ccccn3)cc2)c2ccccc2n1. The molecule has 0 aliphatic rings. The lowest BCUT2D eigenvalue weighted by atomic mass is 10.1. The number of hydrogen-bond donors (Lipinski definition) is 1. The van der Waals surface area contributed by atoms with Crippen molar-refractivity contribution in [2.75, 3.05) is 5.32 Å². The Balaban J connectivity index is 1.43. The van der Waals surface area contributed by atoms with E-state index in [0.717, 1.165) is 33.6 Å². The van der Waals surface area contributed by atoms with E-state index in [1.165, 1.54) is 0 Å². The monoisotopic (exact) mass is 366 g/mol. The predicted octanol–water partition coefficient (Wildman–Crippen LogP) is 4.69. The molecular weight excluding hydrogens is 348 g/mol. The highest BCUT2D eigenvalue weighted by Gasteiger charge is 2.05. The lowest BCUT2D eigenvalue weighted by molar-refractivity contribution is 0.301. The molecular formula is C23H18N4O. The minimum absolute atomic E-state index is 0.402. The first-order valence-corrected chi connectivity index (χ1v) is 8.97. The molecule has 136 valence electrons. The van der Waals surface area contributed by atoms with Crippen LogP contribution in [0.25, 0.3) is 10.9 Å². The number of nitrogens with zero attached hydrogens (tertiary/aromatic N) is 3. The van der Waals surface area contributed by atoms with Gasteiger partial charge in [0, 0.05) is 23.8 Å². The summed E-state index contributed by atoms with van der Waals surface area (Å²) in [5.41, 5.74) is 4.12. The van der Waals surface area contributed by atoms with E-state index < -0.39 is 0 Å². The van der Waals surface area contributed by atoms with Crippen molar-refractivity contribution in [3.05, 3.63) is 95.9 Å². The minimum atomic E-state index is 0.402. The van der Waals surface area contributed by atoms with Gasteiger partial charge in [-0.05, 0) is 42.0 Å². The van der Waals surface area contributed by atoms with Gasteiger partial charge in [0.1, 0.15) is 24.1 Å². The molecule has 4 rings (SSSR count). The van der Waals surface area contributed by atoms with E-state index in [9.17, 15) is 5.26 Å². The maximum Gasteiger partial charge on any atom is 0.143 e. The summed E-state index contributed by atoms with van der Waals surface area (Å²) < 4.78 is 5.77. The van der Waals surface area contributed by atoms with Gasteiger partial charge < -0.3 is 10.1 Å². The van der Waals surface area contributed by atoms with Gasteiger partial charge in [0.2, 0.25) is 0 Å². The number of nitrogens with one attached hydrogen (secondary N) is 1. The molecule has 5 heteroatoms. The maximum absolute atomic E-state index is 9.21. The first-order chi connectivity index (χ1) is 13.8. The van der Waals surface area contributed by atoms with E-state index >= 15 is 0 Å². The van der Waals surface area contributed by atoms with Gasteiger partial charge in [-0.2, -0.15) is 5.26 Å². The Hall–Kier alpha value is -3.91. The molecule has 2 aromatic carbocycles. The molecule has 28 heavy (non-hydrogen) atoms. The second kappa shape index (κ2) is 8.19. The van der Waals surface area contributed by atoms with Crippen molar-refractivity contribution in [2.24, 2.45) is 0 Å². The van der Waals surface area contributed by atoms with Crippen LogP contribution in [-0.4, -0.2) is 9.97 Å². The molecule has 0 spiro atoms. The Morgan fingerprint density at radius 1 is 0.964 bits per heavy atom. The van der Waals surface area contributed by atoms with Crippen LogP contribution in [-0.2, 0) is 13.2 Å². The normalized spacial score (nSPS) is 10.4. The molecule has 0 fully saturated rings. The third kappa shape index (κ3) is 4.08. The topological polar surface area (TPSA) is 70.8 Å². The zero-order chi connectivity index (χ0) is 19.2. The van der Waals surface area contributed by atoms with Crippen LogP contribution in [0.15, 0.2) is 79.0 Å². The molecule has 0 atom stereocenters. The van der Waals surface area contributed by atoms with Crippen LogP contribution in [0, 0.1) is 11.3 Å². The average molecular weight is 366 g/mol. The smallest absolute Gasteiger partial charge is 0.143 e. The summed E-state index contributed by atoms with van der Waals surface area (Å²) in [6.07, 6.45) is 1.76. The van der Waals surface area contributed by atoms with E-state index in [1.54, 1.807) is 12.3 Å². The summed E-state index contributed by atoms with van der Waals surface area (Å²) in [4.78, 5) is 8.59. The molecule has 2 aromatic heterocycles. The summed E-state index contributed by atoms with van der Waals surface area (Å²) in [5, 5.41) is 13.6. The van der Waals surface area contributed by atoms with E-state index in [4.69, 9.17) is 4.74 Å². The van der Waals surface area contributed by atoms with Crippen molar-refractivity contribution < 1.29 is 4.74 Å². The van der Waals surface area contributed by atoms with Gasteiger partial charge in [-0.25, -0.2) is 4.98 Å². The molecule has 1 N–H and O–H groups in total. The number of fused-ring (bicyclic) bond motifs is 1. The Morgan fingerprint density at radius 2 is 1.79 bits per heavy atom.